The zero-order valence-corrected chi connectivity index (χ0v) is 12.4. The van der Waals surface area contributed by atoms with Gasteiger partial charge in [-0.2, -0.15) is 11.3 Å². The van der Waals surface area contributed by atoms with Gasteiger partial charge in [0.1, 0.15) is 5.82 Å². The molecule has 0 aliphatic carbocycles. The summed E-state index contributed by atoms with van der Waals surface area (Å²) >= 11 is 1.62. The third-order valence-corrected chi connectivity index (χ3v) is 3.47. The molecule has 1 amide bonds. The molecular weight excluding hydrogens is 260 g/mol. The molecule has 2 aromatic heterocycles. The van der Waals surface area contributed by atoms with Gasteiger partial charge in [-0.25, -0.2) is 4.98 Å². The third-order valence-electron chi connectivity index (χ3n) is 2.73. The highest BCUT2D eigenvalue weighted by Crippen LogP contribution is 2.18. The van der Waals surface area contributed by atoms with Crippen LogP contribution >= 0.6 is 11.3 Å². The molecule has 0 aliphatic heterocycles. The van der Waals surface area contributed by atoms with Crippen molar-refractivity contribution in [3.63, 3.8) is 0 Å². The summed E-state index contributed by atoms with van der Waals surface area (Å²) in [7, 11) is 1.76. The predicted octanol–water partition coefficient (Wildman–Crippen LogP) is 2.44. The van der Waals surface area contributed by atoms with Crippen molar-refractivity contribution in [3.8, 4) is 0 Å². The van der Waals surface area contributed by atoms with Gasteiger partial charge in [0.2, 0.25) is 5.82 Å². The van der Waals surface area contributed by atoms with E-state index >= 15 is 0 Å². The molecule has 0 aromatic carbocycles. The zero-order valence-electron chi connectivity index (χ0n) is 11.6. The Morgan fingerprint density at radius 1 is 1.47 bits per heavy atom. The molecule has 0 atom stereocenters. The van der Waals surface area contributed by atoms with Crippen LogP contribution in [-0.2, 0) is 12.0 Å². The first kappa shape index (κ1) is 13.7. The number of carbonyl (C=O) groups excluding carboxylic acids is 1. The van der Waals surface area contributed by atoms with E-state index in [0.29, 0.717) is 6.54 Å². The Bertz CT molecular complexity index is 553. The lowest BCUT2D eigenvalue weighted by atomic mass is 9.96. The van der Waals surface area contributed by atoms with Crippen LogP contribution in [0.2, 0.25) is 0 Å². The minimum absolute atomic E-state index is 0.141. The van der Waals surface area contributed by atoms with Crippen LogP contribution in [0, 0.1) is 0 Å². The molecule has 0 saturated heterocycles. The minimum Gasteiger partial charge on any atom is -0.335 e. The molecule has 0 fully saturated rings. The van der Waals surface area contributed by atoms with Crippen LogP contribution in [-0.4, -0.2) is 33.0 Å². The van der Waals surface area contributed by atoms with Crippen LogP contribution < -0.4 is 0 Å². The lowest BCUT2D eigenvalue weighted by Crippen LogP contribution is -2.27. The van der Waals surface area contributed by atoms with Gasteiger partial charge in [0.05, 0.1) is 0 Å². The van der Waals surface area contributed by atoms with Gasteiger partial charge < -0.3 is 4.90 Å². The van der Waals surface area contributed by atoms with E-state index in [1.807, 2.05) is 37.6 Å². The molecule has 2 aromatic rings. The molecule has 0 bridgehead atoms. The van der Waals surface area contributed by atoms with Crippen LogP contribution in [0.3, 0.4) is 0 Å². The number of nitrogens with zero attached hydrogens (tertiary/aromatic N) is 3. The average Bonchev–Trinajstić information content (AvgIpc) is 2.97. The highest BCUT2D eigenvalue weighted by molar-refractivity contribution is 7.07. The second-order valence-corrected chi connectivity index (χ2v) is 6.33. The van der Waals surface area contributed by atoms with Gasteiger partial charge in [0, 0.05) is 19.0 Å². The molecule has 6 heteroatoms. The molecule has 19 heavy (non-hydrogen) atoms. The van der Waals surface area contributed by atoms with Gasteiger partial charge in [-0.15, -0.1) is 5.10 Å². The van der Waals surface area contributed by atoms with Crippen molar-refractivity contribution in [1.82, 2.24) is 20.1 Å². The summed E-state index contributed by atoms with van der Waals surface area (Å²) in [6.45, 7) is 6.65. The summed E-state index contributed by atoms with van der Waals surface area (Å²) in [5.41, 5.74) is 0.977. The smallest absolute Gasteiger partial charge is 0.293 e. The van der Waals surface area contributed by atoms with Crippen LogP contribution in [0.15, 0.2) is 16.8 Å². The second kappa shape index (κ2) is 5.13. The van der Waals surface area contributed by atoms with Crippen LogP contribution in [0.4, 0.5) is 0 Å². The number of carbonyl (C=O) groups is 1. The fraction of sp³-hybridized carbons (Fsp3) is 0.462. The largest absolute Gasteiger partial charge is 0.335 e. The lowest BCUT2D eigenvalue weighted by Gasteiger charge is -2.15. The standard InChI is InChI=1S/C13H18N4OS/c1-13(2,3)12-14-10(15-16-12)11(18)17(4)7-9-5-6-19-8-9/h5-6,8H,7H2,1-4H3,(H,14,15,16). The van der Waals surface area contributed by atoms with E-state index < -0.39 is 0 Å². The monoisotopic (exact) mass is 278 g/mol. The van der Waals surface area contributed by atoms with Crippen molar-refractivity contribution >= 4 is 17.2 Å². The van der Waals surface area contributed by atoms with Gasteiger partial charge in [0.15, 0.2) is 0 Å². The minimum atomic E-state index is -0.169. The zero-order chi connectivity index (χ0) is 14.0. The van der Waals surface area contributed by atoms with Crippen LogP contribution in [0.25, 0.3) is 0 Å². The highest BCUT2D eigenvalue weighted by atomic mass is 32.1. The van der Waals surface area contributed by atoms with Gasteiger partial charge in [0.25, 0.3) is 5.91 Å². The number of H-pyrrole nitrogens is 1. The molecule has 0 saturated carbocycles. The highest BCUT2D eigenvalue weighted by Gasteiger charge is 2.23. The number of hydrogen-bond acceptors (Lipinski definition) is 4. The molecule has 0 spiro atoms. The van der Waals surface area contributed by atoms with E-state index in [9.17, 15) is 4.79 Å². The second-order valence-electron chi connectivity index (χ2n) is 5.55. The molecule has 102 valence electrons. The fourth-order valence-electron chi connectivity index (χ4n) is 1.59. The van der Waals surface area contributed by atoms with Gasteiger partial charge >= 0.3 is 0 Å². The summed E-state index contributed by atoms with van der Waals surface area (Å²) in [4.78, 5) is 18.1. The maximum Gasteiger partial charge on any atom is 0.293 e. The Kier molecular flexibility index (Phi) is 3.71. The maximum absolute atomic E-state index is 12.2. The Morgan fingerprint density at radius 3 is 2.74 bits per heavy atom. The number of amides is 1. The molecule has 0 aliphatic rings. The van der Waals surface area contributed by atoms with Crippen molar-refractivity contribution in [3.05, 3.63) is 34.0 Å². The van der Waals surface area contributed by atoms with Gasteiger partial charge in [-0.3, -0.25) is 9.89 Å². The van der Waals surface area contributed by atoms with E-state index in [2.05, 4.69) is 15.2 Å². The predicted molar refractivity (Wildman–Crippen MR) is 75.2 cm³/mol. The Labute approximate surface area is 116 Å². The SMILES string of the molecule is CN(Cc1ccsc1)C(=O)c1n[nH]c(C(C)(C)C)n1. The van der Waals surface area contributed by atoms with Crippen molar-refractivity contribution in [2.75, 3.05) is 7.05 Å². The average molecular weight is 278 g/mol. The first-order valence-electron chi connectivity index (χ1n) is 6.07. The quantitative estimate of drug-likeness (QED) is 0.938. The number of rotatable bonds is 3. The van der Waals surface area contributed by atoms with Crippen LogP contribution in [0.1, 0.15) is 42.8 Å². The molecule has 5 nitrogen and oxygen atoms in total. The first-order chi connectivity index (χ1) is 8.88. The van der Waals surface area contributed by atoms with E-state index in [1.54, 1.807) is 23.3 Å². The fourth-order valence-corrected chi connectivity index (χ4v) is 2.25. The Hall–Kier alpha value is -1.69. The van der Waals surface area contributed by atoms with Gasteiger partial charge in [-0.1, -0.05) is 20.8 Å². The summed E-state index contributed by atoms with van der Waals surface area (Å²) < 4.78 is 0. The van der Waals surface area contributed by atoms with Crippen molar-refractivity contribution in [2.45, 2.75) is 32.7 Å². The molecule has 1 N–H and O–H groups in total. The number of aromatic amines is 1. The van der Waals surface area contributed by atoms with Gasteiger partial charge in [-0.05, 0) is 22.4 Å². The topological polar surface area (TPSA) is 61.9 Å². The summed E-state index contributed by atoms with van der Waals surface area (Å²) in [6.07, 6.45) is 0. The molecular formula is C13H18N4OS. The summed E-state index contributed by atoms with van der Waals surface area (Å²) in [5.74, 6) is 0.778. The Balaban J connectivity index is 2.09. The summed E-state index contributed by atoms with van der Waals surface area (Å²) in [5, 5.41) is 10.9. The van der Waals surface area contributed by atoms with Crippen molar-refractivity contribution < 1.29 is 4.79 Å². The third kappa shape index (κ3) is 3.20. The lowest BCUT2D eigenvalue weighted by molar-refractivity contribution is 0.0773. The van der Waals surface area contributed by atoms with E-state index in [1.165, 1.54) is 0 Å². The molecule has 2 heterocycles. The molecule has 2 rings (SSSR count). The normalized spacial score (nSPS) is 11.6. The van der Waals surface area contributed by atoms with E-state index in [4.69, 9.17) is 0 Å². The molecule has 0 unspecified atom stereocenters. The number of nitrogens with one attached hydrogen (secondary N) is 1. The van der Waals surface area contributed by atoms with Crippen molar-refractivity contribution in [2.24, 2.45) is 0 Å². The number of aromatic nitrogens is 3. The molecule has 0 radical (unpaired) electrons. The van der Waals surface area contributed by atoms with E-state index in [-0.39, 0.29) is 17.1 Å². The van der Waals surface area contributed by atoms with Crippen LogP contribution in [0.5, 0.6) is 0 Å². The number of thiophene rings is 1. The number of hydrogen-bond donors (Lipinski definition) is 1. The Morgan fingerprint density at radius 2 is 2.21 bits per heavy atom. The first-order valence-corrected chi connectivity index (χ1v) is 7.01. The van der Waals surface area contributed by atoms with Crippen molar-refractivity contribution in [1.29, 1.82) is 0 Å². The summed E-state index contributed by atoms with van der Waals surface area (Å²) in [6, 6.07) is 2.01. The maximum atomic E-state index is 12.2. The van der Waals surface area contributed by atoms with E-state index in [0.717, 1.165) is 11.4 Å².